The summed E-state index contributed by atoms with van der Waals surface area (Å²) in [7, 11) is 0. The molecule has 0 aliphatic heterocycles. The van der Waals surface area contributed by atoms with Crippen LogP contribution < -0.4 is 10.6 Å². The van der Waals surface area contributed by atoms with Crippen LogP contribution in [0.2, 0.25) is 0 Å². The van der Waals surface area contributed by atoms with E-state index in [4.69, 9.17) is 4.74 Å². The molecule has 0 aliphatic carbocycles. The van der Waals surface area contributed by atoms with Crippen molar-refractivity contribution < 1.29 is 24.2 Å². The smallest absolute Gasteiger partial charge is 0.309 e. The minimum absolute atomic E-state index is 0.0319. The molecule has 2 aromatic carbocycles. The van der Waals surface area contributed by atoms with Gasteiger partial charge in [-0.15, -0.1) is 13.2 Å². The minimum atomic E-state index is -0.653. The maximum Gasteiger partial charge on any atom is 0.309 e. The van der Waals surface area contributed by atoms with Gasteiger partial charge in [0.1, 0.15) is 6.61 Å². The van der Waals surface area contributed by atoms with Crippen LogP contribution in [0.15, 0.2) is 86.0 Å². The van der Waals surface area contributed by atoms with Gasteiger partial charge in [-0.3, -0.25) is 14.4 Å². The molecule has 0 heterocycles. The fraction of sp³-hybridized carbons (Fsp3) is 0.406. The lowest BCUT2D eigenvalue weighted by Gasteiger charge is -2.24. The molecule has 7 nitrogen and oxygen atoms in total. The molecule has 4 atom stereocenters. The number of hydrogen-bond donors (Lipinski definition) is 3. The molecule has 39 heavy (non-hydrogen) atoms. The first-order valence-electron chi connectivity index (χ1n) is 13.6. The lowest BCUT2D eigenvalue weighted by atomic mass is 9.94. The Kier molecular flexibility index (Phi) is 14.3. The Labute approximate surface area is 232 Å². The van der Waals surface area contributed by atoms with Crippen molar-refractivity contribution in [3.05, 3.63) is 97.1 Å². The molecule has 2 aromatic rings. The van der Waals surface area contributed by atoms with Gasteiger partial charge in [0.25, 0.3) is 0 Å². The number of carbonyl (C=O) groups is 3. The largest absolute Gasteiger partial charge is 0.463 e. The molecule has 210 valence electrons. The summed E-state index contributed by atoms with van der Waals surface area (Å²) in [6.07, 6.45) is 6.58. The van der Waals surface area contributed by atoms with E-state index in [1.54, 1.807) is 13.0 Å². The van der Waals surface area contributed by atoms with E-state index in [1.807, 2.05) is 66.7 Å². The Balaban J connectivity index is 2.13. The van der Waals surface area contributed by atoms with Gasteiger partial charge in [-0.1, -0.05) is 72.8 Å². The van der Waals surface area contributed by atoms with E-state index < -0.39 is 18.0 Å². The molecule has 2 rings (SSSR count). The van der Waals surface area contributed by atoms with Crippen molar-refractivity contribution in [2.75, 3.05) is 13.2 Å². The van der Waals surface area contributed by atoms with Gasteiger partial charge in [0.2, 0.25) is 11.8 Å². The van der Waals surface area contributed by atoms with Crippen LogP contribution in [0.5, 0.6) is 0 Å². The monoisotopic (exact) mass is 534 g/mol. The number of aliphatic hydroxyl groups is 1. The summed E-state index contributed by atoms with van der Waals surface area (Å²) in [5.41, 5.74) is 1.85. The van der Waals surface area contributed by atoms with Gasteiger partial charge in [-0.05, 0) is 50.2 Å². The molecule has 0 saturated heterocycles. The maximum absolute atomic E-state index is 13.3. The number of nitrogens with one attached hydrogen (secondary N) is 2. The van der Waals surface area contributed by atoms with Crippen molar-refractivity contribution in [3.8, 4) is 0 Å². The minimum Gasteiger partial charge on any atom is -0.463 e. The Morgan fingerprint density at radius 2 is 1.62 bits per heavy atom. The number of benzene rings is 2. The fourth-order valence-corrected chi connectivity index (χ4v) is 4.28. The molecule has 0 aliphatic rings. The van der Waals surface area contributed by atoms with E-state index in [0.29, 0.717) is 19.3 Å². The van der Waals surface area contributed by atoms with Gasteiger partial charge in [-0.2, -0.15) is 0 Å². The number of esters is 1. The number of rotatable bonds is 18. The van der Waals surface area contributed by atoms with Crippen LogP contribution in [0, 0.1) is 11.8 Å². The van der Waals surface area contributed by atoms with Crippen LogP contribution in [0.1, 0.15) is 56.2 Å². The number of ether oxygens (including phenoxy) is 1. The molecule has 0 unspecified atom stereocenters. The Morgan fingerprint density at radius 3 is 2.23 bits per heavy atom. The average molecular weight is 535 g/mol. The SMILES string of the molecule is C=CCCC[C@H](Cc1ccccc1)C(=O)OC[C@@H](NC(=O)[C@@H](CC=C)CC(=O)N[C@H](C)CO)c1ccccc1. The number of unbranched alkanes of at least 4 members (excludes halogenated alkanes) is 1. The Hall–Kier alpha value is -3.71. The number of allylic oxidation sites excluding steroid dienone is 2. The number of amides is 2. The molecule has 3 N–H and O–H groups in total. The zero-order valence-corrected chi connectivity index (χ0v) is 22.9. The predicted molar refractivity (Wildman–Crippen MR) is 154 cm³/mol. The lowest BCUT2D eigenvalue weighted by molar-refractivity contribution is -0.150. The van der Waals surface area contributed by atoms with Crippen molar-refractivity contribution >= 4 is 17.8 Å². The van der Waals surface area contributed by atoms with Gasteiger partial charge in [0.15, 0.2) is 0 Å². The third kappa shape index (κ3) is 11.7. The number of hydrogen-bond acceptors (Lipinski definition) is 5. The molecule has 0 bridgehead atoms. The zero-order chi connectivity index (χ0) is 28.5. The highest BCUT2D eigenvalue weighted by atomic mass is 16.5. The molecule has 0 aromatic heterocycles. The first-order valence-corrected chi connectivity index (χ1v) is 13.6. The summed E-state index contributed by atoms with van der Waals surface area (Å²) in [4.78, 5) is 38.9. The van der Waals surface area contributed by atoms with Crippen molar-refractivity contribution in [3.63, 3.8) is 0 Å². The van der Waals surface area contributed by atoms with E-state index in [0.717, 1.165) is 24.0 Å². The lowest BCUT2D eigenvalue weighted by Crippen LogP contribution is -2.41. The van der Waals surface area contributed by atoms with Gasteiger partial charge in [0.05, 0.1) is 24.5 Å². The van der Waals surface area contributed by atoms with Crippen molar-refractivity contribution in [1.82, 2.24) is 10.6 Å². The summed E-state index contributed by atoms with van der Waals surface area (Å²) in [5.74, 6) is -1.94. The first kappa shape index (κ1) is 31.5. The predicted octanol–water partition coefficient (Wildman–Crippen LogP) is 4.68. The molecule has 0 saturated carbocycles. The highest BCUT2D eigenvalue weighted by Crippen LogP contribution is 2.21. The van der Waals surface area contributed by atoms with Crippen LogP contribution in [0.4, 0.5) is 0 Å². The molecule has 7 heteroatoms. The van der Waals surface area contributed by atoms with E-state index in [2.05, 4.69) is 23.8 Å². The molecular formula is C32H42N2O5. The summed E-state index contributed by atoms with van der Waals surface area (Å²) in [5, 5.41) is 14.9. The molecule has 0 spiro atoms. The molecule has 0 fully saturated rings. The highest BCUT2D eigenvalue weighted by molar-refractivity contribution is 5.86. The molecule has 0 radical (unpaired) electrons. The third-order valence-electron chi connectivity index (χ3n) is 6.46. The van der Waals surface area contributed by atoms with E-state index >= 15 is 0 Å². The first-order chi connectivity index (χ1) is 18.9. The summed E-state index contributed by atoms with van der Waals surface area (Å²) in [6.45, 7) is 8.95. The molecule has 2 amide bonds. The van der Waals surface area contributed by atoms with E-state index in [-0.39, 0.29) is 43.3 Å². The summed E-state index contributed by atoms with van der Waals surface area (Å²) >= 11 is 0. The zero-order valence-electron chi connectivity index (χ0n) is 22.9. The number of carbonyl (C=O) groups excluding carboxylic acids is 3. The van der Waals surface area contributed by atoms with Crippen molar-refractivity contribution in [2.45, 2.75) is 57.5 Å². The van der Waals surface area contributed by atoms with E-state index in [9.17, 15) is 19.5 Å². The van der Waals surface area contributed by atoms with Gasteiger partial charge in [-0.25, -0.2) is 0 Å². The van der Waals surface area contributed by atoms with Gasteiger partial charge < -0.3 is 20.5 Å². The van der Waals surface area contributed by atoms with Crippen LogP contribution in [0.25, 0.3) is 0 Å². The van der Waals surface area contributed by atoms with Crippen LogP contribution >= 0.6 is 0 Å². The van der Waals surface area contributed by atoms with Gasteiger partial charge >= 0.3 is 5.97 Å². The van der Waals surface area contributed by atoms with E-state index in [1.165, 1.54) is 0 Å². The summed E-state index contributed by atoms with van der Waals surface area (Å²) in [6, 6.07) is 18.2. The van der Waals surface area contributed by atoms with Crippen LogP contribution in [-0.2, 0) is 25.5 Å². The maximum atomic E-state index is 13.3. The molecular weight excluding hydrogens is 492 g/mol. The highest BCUT2D eigenvalue weighted by Gasteiger charge is 2.27. The second-order valence-corrected chi connectivity index (χ2v) is 9.78. The number of aliphatic hydroxyl groups excluding tert-OH is 1. The van der Waals surface area contributed by atoms with Crippen molar-refractivity contribution in [1.29, 1.82) is 0 Å². The quantitative estimate of drug-likeness (QED) is 0.146. The van der Waals surface area contributed by atoms with Crippen molar-refractivity contribution in [2.24, 2.45) is 11.8 Å². The second kappa shape index (κ2) is 17.7. The standard InChI is InChI=1S/C32H42N2O5/c1-4-6-9-19-28(20-25-15-10-7-11-16-25)32(38)39-23-29(26-17-12-8-13-18-26)34-31(37)27(14-5-2)21-30(36)33-24(3)22-35/h4-5,7-8,10-13,15-18,24,27-29,35H,1-2,6,9,14,19-23H2,3H3,(H,33,36)(H,34,37)/t24-,27+,28-,29-/m1/s1. The fourth-order valence-electron chi connectivity index (χ4n) is 4.28. The van der Waals surface area contributed by atoms with Crippen LogP contribution in [-0.4, -0.2) is 42.1 Å². The van der Waals surface area contributed by atoms with Gasteiger partial charge in [0, 0.05) is 12.5 Å². The second-order valence-electron chi connectivity index (χ2n) is 9.78. The van der Waals surface area contributed by atoms with Crippen LogP contribution in [0.3, 0.4) is 0 Å². The Morgan fingerprint density at radius 1 is 0.949 bits per heavy atom. The Bertz CT molecular complexity index is 1040. The third-order valence-corrected chi connectivity index (χ3v) is 6.46. The average Bonchev–Trinajstić information content (AvgIpc) is 2.95. The topological polar surface area (TPSA) is 105 Å². The normalized spacial score (nSPS) is 13.8. The summed E-state index contributed by atoms with van der Waals surface area (Å²) < 4.78 is 5.81.